The first-order chi connectivity index (χ1) is 4.15. The molecule has 1 N–H and O–H groups in total. The van der Waals surface area contributed by atoms with Crippen molar-refractivity contribution in [3.8, 4) is 0 Å². The molecule has 0 fully saturated rings. The maximum atomic E-state index is 8.07. The quantitative estimate of drug-likeness (QED) is 0.830. The second-order valence-electron chi connectivity index (χ2n) is 1.32. The molecule has 0 aliphatic rings. The summed E-state index contributed by atoms with van der Waals surface area (Å²) in [6.07, 6.45) is 2.04. The van der Waals surface area contributed by atoms with Crippen LogP contribution < -0.4 is 0 Å². The first-order valence-electron chi connectivity index (χ1n) is 2.68. The molecule has 0 bridgehead atoms. The number of hydrogen-bond donors (Lipinski definition) is 1. The van der Waals surface area contributed by atoms with Gasteiger partial charge in [0.2, 0.25) is 0 Å². The van der Waals surface area contributed by atoms with Gasteiger partial charge in [-0.2, -0.15) is 0 Å². The number of rotatable bonds is 2. The molecular weight excluding hydrogens is 285 g/mol. The Bertz CT molecular complexity index is 40.0. The van der Waals surface area contributed by atoms with E-state index >= 15 is 0 Å². The predicted octanol–water partition coefficient (Wildman–Crippen LogP) is 2.47. The molecule has 9 heavy (non-hydrogen) atoms. The van der Waals surface area contributed by atoms with Crippen molar-refractivity contribution in [2.75, 3.05) is 6.61 Å². The van der Waals surface area contributed by atoms with Gasteiger partial charge < -0.3 is 5.11 Å². The van der Waals surface area contributed by atoms with E-state index in [0.717, 1.165) is 12.8 Å². The molecule has 0 saturated heterocycles. The van der Waals surface area contributed by atoms with Crippen LogP contribution in [0.2, 0.25) is 0 Å². The molecule has 0 saturated carbocycles. The molecule has 0 aromatic heterocycles. The summed E-state index contributed by atoms with van der Waals surface area (Å²) in [7, 11) is 15.0. The Morgan fingerprint density at radius 2 is 1.67 bits per heavy atom. The molecule has 0 atom stereocenters. The van der Waals surface area contributed by atoms with Gasteiger partial charge in [-0.25, -0.2) is 0 Å². The van der Waals surface area contributed by atoms with Gasteiger partial charge in [0.05, 0.1) is 0 Å². The van der Waals surface area contributed by atoms with Crippen LogP contribution in [0, 0.1) is 0 Å². The molecule has 0 rings (SSSR count). The number of aliphatic hydroxyl groups is 1. The van der Waals surface area contributed by atoms with Crippen molar-refractivity contribution in [3.05, 3.63) is 0 Å². The van der Waals surface area contributed by atoms with Gasteiger partial charge >= 0.3 is 43.6 Å². The molecule has 0 amide bonds. The van der Waals surface area contributed by atoms with E-state index in [1.54, 1.807) is 0 Å². The predicted molar refractivity (Wildman–Crippen MR) is 45.3 cm³/mol. The van der Waals surface area contributed by atoms with Crippen molar-refractivity contribution >= 4 is 43.6 Å². The Kier molecular flexibility index (Phi) is 18.3. The minimum absolute atomic E-state index is 0.344. The van der Waals surface area contributed by atoms with Gasteiger partial charge in [0, 0.05) is 6.61 Å². The van der Waals surface area contributed by atoms with Gasteiger partial charge in [-0.15, -0.1) is 0 Å². The minimum atomic E-state index is -2.22. The van der Waals surface area contributed by atoms with Crippen LogP contribution in [-0.4, -0.2) is 29.6 Å². The Morgan fingerprint density at radius 1 is 1.33 bits per heavy atom. The van der Waals surface area contributed by atoms with E-state index in [-0.39, 0.29) is 0 Å². The fourth-order valence-electron chi connectivity index (χ4n) is 0.158. The van der Waals surface area contributed by atoms with Crippen LogP contribution in [0.15, 0.2) is 0 Å². The van der Waals surface area contributed by atoms with E-state index in [2.05, 4.69) is 6.92 Å². The SMILES string of the molecule is CCCCO.[Cl][In]([Cl])[Cl]. The maximum absolute atomic E-state index is 8.07. The Balaban J connectivity index is 0. The first kappa shape index (κ1) is 13.3. The second kappa shape index (κ2) is 12.4. The molecule has 5 heteroatoms. The summed E-state index contributed by atoms with van der Waals surface area (Å²) >= 11 is -2.22. The summed E-state index contributed by atoms with van der Waals surface area (Å²) in [5.74, 6) is 0. The zero-order valence-corrected chi connectivity index (χ0v) is 10.8. The van der Waals surface area contributed by atoms with E-state index in [9.17, 15) is 0 Å². The van der Waals surface area contributed by atoms with E-state index < -0.39 is 17.9 Å². The van der Waals surface area contributed by atoms with Crippen molar-refractivity contribution in [2.24, 2.45) is 0 Å². The van der Waals surface area contributed by atoms with Crippen LogP contribution in [-0.2, 0) is 0 Å². The fourth-order valence-corrected chi connectivity index (χ4v) is 0.158. The monoisotopic (exact) mass is 294 g/mol. The van der Waals surface area contributed by atoms with Crippen molar-refractivity contribution in [3.63, 3.8) is 0 Å². The van der Waals surface area contributed by atoms with E-state index in [4.69, 9.17) is 30.8 Å². The van der Waals surface area contributed by atoms with Crippen LogP contribution in [0.1, 0.15) is 19.8 Å². The Morgan fingerprint density at radius 3 is 1.67 bits per heavy atom. The summed E-state index contributed by atoms with van der Waals surface area (Å²) in [6.45, 7) is 2.40. The van der Waals surface area contributed by atoms with Gasteiger partial charge in [-0.1, -0.05) is 13.3 Å². The molecule has 0 aromatic carbocycles. The molecular formula is C4H10Cl3InO. The average molecular weight is 295 g/mol. The summed E-state index contributed by atoms with van der Waals surface area (Å²) in [5, 5.41) is 8.07. The molecule has 0 aliphatic carbocycles. The van der Waals surface area contributed by atoms with Crippen LogP contribution in [0.25, 0.3) is 0 Å². The van der Waals surface area contributed by atoms with E-state index in [1.165, 1.54) is 0 Å². The Hall–Kier alpha value is 1.70. The second-order valence-corrected chi connectivity index (χ2v) is 16.0. The summed E-state index contributed by atoms with van der Waals surface area (Å²) in [5.41, 5.74) is 0. The molecule has 0 spiro atoms. The third-order valence-corrected chi connectivity index (χ3v) is 0.512. The van der Waals surface area contributed by atoms with Crippen molar-refractivity contribution < 1.29 is 5.11 Å². The van der Waals surface area contributed by atoms with Crippen molar-refractivity contribution in [1.29, 1.82) is 0 Å². The van der Waals surface area contributed by atoms with Gasteiger partial charge in [-0.05, 0) is 6.42 Å². The number of halogens is 3. The number of unbranched alkanes of at least 4 members (excludes halogenated alkanes) is 1. The molecule has 0 radical (unpaired) electrons. The normalized spacial score (nSPS) is 7.67. The van der Waals surface area contributed by atoms with Gasteiger partial charge in [-0.3, -0.25) is 0 Å². The van der Waals surface area contributed by atoms with E-state index in [0.29, 0.717) is 6.61 Å². The Labute approximate surface area is 74.6 Å². The molecule has 0 aromatic rings. The topological polar surface area (TPSA) is 20.2 Å². The van der Waals surface area contributed by atoms with Crippen LogP contribution in [0.4, 0.5) is 0 Å². The summed E-state index contributed by atoms with van der Waals surface area (Å²) in [4.78, 5) is 0. The molecule has 0 heterocycles. The number of hydrogen-bond acceptors (Lipinski definition) is 1. The standard InChI is InChI=1S/C4H10O.3ClH.In/c1-2-3-4-5;;;;/h5H,2-4H2,1H3;3*1H;/q;;;;+3/p-3. The third-order valence-electron chi connectivity index (χ3n) is 0.512. The van der Waals surface area contributed by atoms with E-state index in [1.807, 2.05) is 0 Å². The van der Waals surface area contributed by atoms with Gasteiger partial charge in [0.15, 0.2) is 0 Å². The molecule has 1 nitrogen and oxygen atoms in total. The molecule has 0 unspecified atom stereocenters. The zero-order valence-electron chi connectivity index (χ0n) is 5.28. The molecule has 56 valence electrons. The average Bonchev–Trinajstić information content (AvgIpc) is 1.66. The van der Waals surface area contributed by atoms with Crippen LogP contribution >= 0.6 is 25.7 Å². The zero-order chi connectivity index (χ0) is 7.70. The first-order valence-corrected chi connectivity index (χ1v) is 15.2. The fraction of sp³-hybridized carbons (Fsp3) is 1.00. The number of aliphatic hydroxyl groups excluding tert-OH is 1. The molecule has 0 aliphatic heterocycles. The van der Waals surface area contributed by atoms with Crippen LogP contribution in [0.5, 0.6) is 0 Å². The van der Waals surface area contributed by atoms with Gasteiger partial charge in [0.1, 0.15) is 0 Å². The van der Waals surface area contributed by atoms with Crippen molar-refractivity contribution in [2.45, 2.75) is 19.8 Å². The summed E-state index contributed by atoms with van der Waals surface area (Å²) in [6, 6.07) is 0. The van der Waals surface area contributed by atoms with Gasteiger partial charge in [0.25, 0.3) is 0 Å². The van der Waals surface area contributed by atoms with Crippen molar-refractivity contribution in [1.82, 2.24) is 0 Å². The summed E-state index contributed by atoms with van der Waals surface area (Å²) < 4.78 is 0. The van der Waals surface area contributed by atoms with Crippen LogP contribution in [0.3, 0.4) is 0 Å². The third kappa shape index (κ3) is 42.0.